The lowest BCUT2D eigenvalue weighted by atomic mass is 10.1. The van der Waals surface area contributed by atoms with E-state index in [1.807, 2.05) is 0 Å². The largest absolute Gasteiger partial charge is 0.439 e. The normalized spacial score (nSPS) is 14.6. The second-order valence-corrected chi connectivity index (χ2v) is 8.23. The summed E-state index contributed by atoms with van der Waals surface area (Å²) in [5.41, 5.74) is 1.49. The SMILES string of the molecule is O=c1[nH]c(-c2cc(-c3ccc(S(=O)(=O)C4CC4)c(Cl)c3)ncn2)no1. The minimum absolute atomic E-state index is 0.135. The molecule has 0 spiro atoms. The molecule has 0 radical (unpaired) electrons. The molecule has 0 saturated heterocycles. The van der Waals surface area contributed by atoms with E-state index in [2.05, 4.69) is 24.6 Å². The van der Waals surface area contributed by atoms with Crippen LogP contribution in [0.5, 0.6) is 0 Å². The van der Waals surface area contributed by atoms with Gasteiger partial charge in [0.1, 0.15) is 12.0 Å². The average molecular weight is 379 g/mol. The zero-order valence-electron chi connectivity index (χ0n) is 12.6. The Hall–Kier alpha value is -2.52. The van der Waals surface area contributed by atoms with Crippen LogP contribution in [0.4, 0.5) is 0 Å². The van der Waals surface area contributed by atoms with Crippen LogP contribution in [0.1, 0.15) is 12.8 Å². The Kier molecular flexibility index (Phi) is 3.69. The number of rotatable bonds is 4. The van der Waals surface area contributed by atoms with Gasteiger partial charge in [-0.25, -0.2) is 23.2 Å². The highest BCUT2D eigenvalue weighted by Gasteiger charge is 2.38. The molecule has 0 atom stereocenters. The number of aromatic nitrogens is 4. The molecule has 2 aromatic heterocycles. The molecule has 10 heteroatoms. The third-order valence-corrected chi connectivity index (χ3v) is 6.59. The van der Waals surface area contributed by atoms with Crippen LogP contribution in [0.15, 0.2) is 44.8 Å². The molecule has 1 aliphatic rings. The van der Waals surface area contributed by atoms with E-state index in [1.165, 1.54) is 12.4 Å². The minimum atomic E-state index is -3.37. The third kappa shape index (κ3) is 2.96. The maximum Gasteiger partial charge on any atom is 0.439 e. The van der Waals surface area contributed by atoms with Gasteiger partial charge in [-0.15, -0.1) is 0 Å². The molecule has 0 amide bonds. The Morgan fingerprint density at radius 3 is 2.56 bits per heavy atom. The first-order valence-electron chi connectivity index (χ1n) is 7.37. The predicted molar refractivity (Wildman–Crippen MR) is 88.8 cm³/mol. The second-order valence-electron chi connectivity index (χ2n) is 5.62. The number of halogens is 1. The van der Waals surface area contributed by atoms with Gasteiger partial charge in [-0.2, -0.15) is 0 Å². The molecule has 1 aromatic carbocycles. The predicted octanol–water partition coefficient (Wildman–Crippen LogP) is 2.08. The number of H-pyrrole nitrogens is 1. The molecule has 1 N–H and O–H groups in total. The molecule has 3 aromatic rings. The monoisotopic (exact) mass is 378 g/mol. The summed E-state index contributed by atoms with van der Waals surface area (Å²) >= 11 is 6.20. The number of sulfone groups is 1. The van der Waals surface area contributed by atoms with Crippen molar-refractivity contribution in [2.24, 2.45) is 0 Å². The summed E-state index contributed by atoms with van der Waals surface area (Å²) in [4.78, 5) is 21.8. The smallest absolute Gasteiger partial charge is 0.296 e. The van der Waals surface area contributed by atoms with Crippen molar-refractivity contribution in [3.05, 3.63) is 46.2 Å². The summed E-state index contributed by atoms with van der Waals surface area (Å²) in [6.07, 6.45) is 2.65. The van der Waals surface area contributed by atoms with Crippen molar-refractivity contribution in [1.82, 2.24) is 20.1 Å². The maximum atomic E-state index is 12.3. The summed E-state index contributed by atoms with van der Waals surface area (Å²) in [5, 5.41) is 3.40. The van der Waals surface area contributed by atoms with E-state index in [1.54, 1.807) is 18.2 Å². The molecule has 0 aliphatic heterocycles. The van der Waals surface area contributed by atoms with Crippen LogP contribution >= 0.6 is 11.6 Å². The zero-order chi connectivity index (χ0) is 17.6. The van der Waals surface area contributed by atoms with Crippen LogP contribution in [0, 0.1) is 0 Å². The summed E-state index contributed by atoms with van der Waals surface area (Å²) in [6, 6.07) is 6.27. The molecule has 0 bridgehead atoms. The van der Waals surface area contributed by atoms with Gasteiger partial charge in [-0.3, -0.25) is 9.51 Å². The van der Waals surface area contributed by atoms with Crippen molar-refractivity contribution in [3.63, 3.8) is 0 Å². The van der Waals surface area contributed by atoms with E-state index < -0.39 is 15.6 Å². The molecule has 1 saturated carbocycles. The van der Waals surface area contributed by atoms with E-state index in [-0.39, 0.29) is 21.0 Å². The maximum absolute atomic E-state index is 12.3. The number of nitrogens with one attached hydrogen (secondary N) is 1. The van der Waals surface area contributed by atoms with E-state index in [0.717, 1.165) is 0 Å². The van der Waals surface area contributed by atoms with Crippen molar-refractivity contribution in [2.75, 3.05) is 0 Å². The zero-order valence-corrected chi connectivity index (χ0v) is 14.2. The topological polar surface area (TPSA) is 119 Å². The lowest BCUT2D eigenvalue weighted by Gasteiger charge is -2.08. The number of benzene rings is 1. The fraction of sp³-hybridized carbons (Fsp3) is 0.200. The van der Waals surface area contributed by atoms with Gasteiger partial charge in [0.2, 0.25) is 5.82 Å². The lowest BCUT2D eigenvalue weighted by Crippen LogP contribution is -2.07. The van der Waals surface area contributed by atoms with E-state index >= 15 is 0 Å². The van der Waals surface area contributed by atoms with Crippen LogP contribution < -0.4 is 5.76 Å². The average Bonchev–Trinajstić information content (AvgIpc) is 3.37. The molecular formula is C15H11ClN4O4S. The molecule has 25 heavy (non-hydrogen) atoms. The molecule has 2 heterocycles. The Labute approximate surface area is 146 Å². The molecule has 1 aliphatic carbocycles. The quantitative estimate of drug-likeness (QED) is 0.738. The van der Waals surface area contributed by atoms with Crippen LogP contribution in [-0.2, 0) is 9.84 Å². The van der Waals surface area contributed by atoms with Crippen LogP contribution in [0.2, 0.25) is 5.02 Å². The number of nitrogens with zero attached hydrogens (tertiary/aromatic N) is 3. The summed E-state index contributed by atoms with van der Waals surface area (Å²) < 4.78 is 29.1. The van der Waals surface area contributed by atoms with Gasteiger partial charge in [-0.1, -0.05) is 22.8 Å². The summed E-state index contributed by atoms with van der Waals surface area (Å²) in [6.45, 7) is 0. The van der Waals surface area contributed by atoms with Crippen LogP contribution in [0.25, 0.3) is 22.8 Å². The van der Waals surface area contributed by atoms with Crippen molar-refractivity contribution in [2.45, 2.75) is 23.0 Å². The summed E-state index contributed by atoms with van der Waals surface area (Å²) in [7, 11) is -3.37. The van der Waals surface area contributed by atoms with Gasteiger partial charge in [-0.05, 0) is 31.0 Å². The van der Waals surface area contributed by atoms with E-state index in [4.69, 9.17) is 11.6 Å². The van der Waals surface area contributed by atoms with Gasteiger partial charge in [0.05, 0.1) is 20.9 Å². The number of hydrogen-bond donors (Lipinski definition) is 1. The van der Waals surface area contributed by atoms with E-state index in [9.17, 15) is 13.2 Å². The Morgan fingerprint density at radius 1 is 1.16 bits per heavy atom. The lowest BCUT2D eigenvalue weighted by molar-refractivity contribution is 0.387. The first-order chi connectivity index (χ1) is 11.9. The van der Waals surface area contributed by atoms with Crippen molar-refractivity contribution < 1.29 is 12.9 Å². The van der Waals surface area contributed by atoms with Crippen molar-refractivity contribution in [1.29, 1.82) is 0 Å². The van der Waals surface area contributed by atoms with Gasteiger partial charge in [0.15, 0.2) is 9.84 Å². The minimum Gasteiger partial charge on any atom is -0.296 e. The standard InChI is InChI=1S/C15H11ClN4O4S/c16-10-5-8(1-4-13(10)25(22,23)9-2-3-9)11-6-12(18-7-17-11)14-19-15(21)24-20-14/h1,4-7,9H,2-3H2,(H,19,20,21). The van der Waals surface area contributed by atoms with Gasteiger partial charge >= 0.3 is 5.76 Å². The molecular weight excluding hydrogens is 368 g/mol. The highest BCUT2D eigenvalue weighted by Crippen LogP contribution is 2.37. The van der Waals surface area contributed by atoms with Crippen molar-refractivity contribution in [3.8, 4) is 22.8 Å². The third-order valence-electron chi connectivity index (χ3n) is 3.85. The Bertz CT molecular complexity index is 1120. The van der Waals surface area contributed by atoms with Crippen LogP contribution in [-0.4, -0.2) is 33.8 Å². The highest BCUT2D eigenvalue weighted by atomic mass is 35.5. The first kappa shape index (κ1) is 16.0. The Morgan fingerprint density at radius 2 is 1.92 bits per heavy atom. The molecule has 4 rings (SSSR count). The second kappa shape index (κ2) is 5.78. The highest BCUT2D eigenvalue weighted by molar-refractivity contribution is 7.92. The number of aromatic amines is 1. The van der Waals surface area contributed by atoms with Crippen LogP contribution in [0.3, 0.4) is 0 Å². The Balaban J connectivity index is 1.73. The van der Waals surface area contributed by atoms with Gasteiger partial charge < -0.3 is 0 Å². The first-order valence-corrected chi connectivity index (χ1v) is 9.30. The fourth-order valence-electron chi connectivity index (χ4n) is 2.43. The fourth-order valence-corrected chi connectivity index (χ4v) is 4.64. The molecule has 128 valence electrons. The van der Waals surface area contributed by atoms with E-state index in [0.29, 0.717) is 29.8 Å². The summed E-state index contributed by atoms with van der Waals surface area (Å²) in [5.74, 6) is -0.513. The number of hydrogen-bond acceptors (Lipinski definition) is 7. The van der Waals surface area contributed by atoms with Gasteiger partial charge in [0, 0.05) is 5.56 Å². The molecule has 1 fully saturated rings. The van der Waals surface area contributed by atoms with Crippen molar-refractivity contribution >= 4 is 21.4 Å². The molecule has 8 nitrogen and oxygen atoms in total. The molecule has 0 unspecified atom stereocenters. The van der Waals surface area contributed by atoms with Gasteiger partial charge in [0.25, 0.3) is 0 Å².